The summed E-state index contributed by atoms with van der Waals surface area (Å²) in [7, 11) is 0. The second-order valence-corrected chi connectivity index (χ2v) is 51.2. The molecule has 62 heavy (non-hydrogen) atoms. The van der Waals surface area contributed by atoms with E-state index in [1.165, 1.54) is 89.0 Å². The van der Waals surface area contributed by atoms with E-state index in [1.807, 2.05) is 0 Å². The number of fused-ring (bicyclic) bond motifs is 2. The normalized spacial score (nSPS) is 16.1. The first kappa shape index (κ1) is 48.1. The first-order chi connectivity index (χ1) is 28.2. The fourth-order valence-corrected chi connectivity index (χ4v) is 29.1. The number of benzene rings is 4. The first-order valence-corrected chi connectivity index (χ1v) is 36.1. The Balaban J connectivity index is 0.00000321. The largest absolute Gasteiger partial charge is 0.147 e. The van der Waals surface area contributed by atoms with Gasteiger partial charge in [-0.15, -0.1) is 24.8 Å². The molecule has 2 heterocycles. The molecule has 4 aromatic carbocycles. The van der Waals surface area contributed by atoms with Gasteiger partial charge in [-0.05, 0) is 0 Å². The van der Waals surface area contributed by atoms with Crippen LogP contribution in [0.15, 0.2) is 93.8 Å². The maximum Gasteiger partial charge on any atom is -0.147 e. The van der Waals surface area contributed by atoms with E-state index in [-0.39, 0.29) is 32.1 Å². The van der Waals surface area contributed by atoms with Crippen molar-refractivity contribution in [3.63, 3.8) is 0 Å². The molecule has 0 amide bonds. The minimum Gasteiger partial charge on any atom is -0.147 e. The zero-order valence-electron chi connectivity index (χ0n) is 39.5. The van der Waals surface area contributed by atoms with Crippen LogP contribution in [0.25, 0.3) is 45.6 Å². The smallest absolute Gasteiger partial charge is 0.147 e. The fourth-order valence-electron chi connectivity index (χ4n) is 10.7. The van der Waals surface area contributed by atoms with Crippen LogP contribution in [-0.4, -0.2) is 6.88 Å². The van der Waals surface area contributed by atoms with Gasteiger partial charge in [0.05, 0.1) is 0 Å². The van der Waals surface area contributed by atoms with Crippen LogP contribution in [0.5, 0.6) is 0 Å². The Bertz CT molecular complexity index is 2580. The minimum absolute atomic E-state index is 0. The second-order valence-electron chi connectivity index (χ2n) is 20.7. The van der Waals surface area contributed by atoms with E-state index < -0.39 is 17.4 Å². The van der Waals surface area contributed by atoms with E-state index in [1.54, 1.807) is 0 Å². The average molecular weight is 963 g/mol. The number of halogens is 2. The van der Waals surface area contributed by atoms with Crippen molar-refractivity contribution in [2.24, 2.45) is 0 Å². The van der Waals surface area contributed by atoms with E-state index in [9.17, 15) is 0 Å². The number of hydrogen-bond acceptors (Lipinski definition) is 2. The molecule has 0 saturated heterocycles. The molecule has 6 aromatic rings. The van der Waals surface area contributed by atoms with E-state index >= 15 is 0 Å². The van der Waals surface area contributed by atoms with Crippen LogP contribution in [0, 0.1) is 27.7 Å². The first-order valence-electron chi connectivity index (χ1n) is 22.4. The molecule has 0 saturated carbocycles. The van der Waals surface area contributed by atoms with Crippen LogP contribution in [0.1, 0.15) is 165 Å². The quantitative estimate of drug-likeness (QED) is 0.128. The predicted molar refractivity (Wildman–Crippen MR) is 272 cm³/mol. The monoisotopic (exact) mass is 960 g/mol. The molecule has 2 atom stereocenters. The summed E-state index contributed by atoms with van der Waals surface area (Å²) < 4.78 is 19.2. The Hall–Kier alpha value is -3.40. The number of aryl methyl sites for hydroxylation is 4. The van der Waals surface area contributed by atoms with Crippen molar-refractivity contribution in [1.29, 1.82) is 0 Å². The zero-order valence-corrected chi connectivity index (χ0v) is 45.0. The van der Waals surface area contributed by atoms with Crippen LogP contribution in [0.2, 0.25) is 9.26 Å². The Morgan fingerprint density at radius 1 is 0.468 bits per heavy atom. The van der Waals surface area contributed by atoms with Gasteiger partial charge in [0.15, 0.2) is 0 Å². The van der Waals surface area contributed by atoms with Gasteiger partial charge in [0, 0.05) is 0 Å². The third-order valence-corrected chi connectivity index (χ3v) is 31.2. The minimum atomic E-state index is -4.27. The van der Waals surface area contributed by atoms with Gasteiger partial charge in [-0.1, -0.05) is 0 Å². The summed E-state index contributed by atoms with van der Waals surface area (Å²) in [4.78, 5) is 0. The third-order valence-electron chi connectivity index (χ3n) is 14.0. The Kier molecular flexibility index (Phi) is 13.6. The van der Waals surface area contributed by atoms with E-state index in [0.717, 1.165) is 23.0 Å². The zero-order chi connectivity index (χ0) is 43.2. The second kappa shape index (κ2) is 17.5. The van der Waals surface area contributed by atoms with Crippen molar-refractivity contribution in [3.8, 4) is 22.3 Å². The molecule has 0 spiro atoms. The molecule has 0 bridgehead atoms. The van der Waals surface area contributed by atoms with E-state index in [4.69, 9.17) is 8.83 Å². The molecule has 2 nitrogen and oxygen atoms in total. The molecule has 0 N–H and O–H groups in total. The van der Waals surface area contributed by atoms with Gasteiger partial charge in [0.1, 0.15) is 0 Å². The summed E-state index contributed by atoms with van der Waals surface area (Å²) in [5.74, 6) is 5.66. The van der Waals surface area contributed by atoms with E-state index in [0.29, 0.717) is 23.7 Å². The molecule has 0 aliphatic heterocycles. The molecule has 0 fully saturated rings. The summed E-state index contributed by atoms with van der Waals surface area (Å²) in [5, 5.41) is 0. The summed E-state index contributed by atoms with van der Waals surface area (Å²) in [6, 6.07) is 33.2. The fraction of sp³-hybridized carbons (Fsp3) is 0.357. The number of rotatable bonds is 10. The molecule has 6 heteroatoms. The van der Waals surface area contributed by atoms with Crippen LogP contribution in [0.4, 0.5) is 0 Å². The summed E-state index contributed by atoms with van der Waals surface area (Å²) >= 11 is -4.27. The summed E-state index contributed by atoms with van der Waals surface area (Å²) in [5.41, 5.74) is 21.9. The van der Waals surface area contributed by atoms with Crippen molar-refractivity contribution < 1.29 is 26.2 Å². The van der Waals surface area contributed by atoms with Gasteiger partial charge in [-0.25, -0.2) is 0 Å². The summed E-state index contributed by atoms with van der Waals surface area (Å²) in [6.45, 7) is 29.7. The summed E-state index contributed by atoms with van der Waals surface area (Å²) in [6.07, 6.45) is 5.07. The third kappa shape index (κ3) is 8.37. The number of hydrogen-bond donors (Lipinski definition) is 0. The van der Waals surface area contributed by atoms with Crippen molar-refractivity contribution in [3.05, 3.63) is 164 Å². The van der Waals surface area contributed by atoms with Gasteiger partial charge in [-0.2, -0.15) is 0 Å². The topological polar surface area (TPSA) is 26.3 Å². The molecule has 2 aromatic heterocycles. The van der Waals surface area contributed by atoms with Crippen LogP contribution >= 0.6 is 24.8 Å². The van der Waals surface area contributed by atoms with E-state index in [2.05, 4.69) is 196 Å². The van der Waals surface area contributed by atoms with Crippen molar-refractivity contribution in [2.75, 3.05) is 0 Å². The standard InChI is InChI=1S/2C27H29O.2CH3.2ClH.H2Si.Zr/c2*1-16(2)21-12-22(17(3)4)14-24(13-21)27-18(5)7-9-20-11-23(15-25(20)27)26-10-8-19(6)28-26;;;;;;/h2*7-17H,1-6H3;2*1H3;2*1H;1H2;. The maximum atomic E-state index is 6.68. The van der Waals surface area contributed by atoms with Gasteiger partial charge < -0.3 is 0 Å². The van der Waals surface area contributed by atoms with Gasteiger partial charge in [-0.3, -0.25) is 0 Å². The average Bonchev–Trinajstić information content (AvgIpc) is 3.99. The van der Waals surface area contributed by atoms with Crippen molar-refractivity contribution in [1.82, 2.24) is 0 Å². The molecule has 2 unspecified atom stereocenters. The Morgan fingerprint density at radius 3 is 1.06 bits per heavy atom. The van der Waals surface area contributed by atoms with Crippen LogP contribution < -0.4 is 0 Å². The number of furan rings is 2. The Morgan fingerprint density at radius 2 is 0.790 bits per heavy atom. The molecule has 8 rings (SSSR count). The maximum absolute atomic E-state index is 6.68. The predicted octanol–water partition coefficient (Wildman–Crippen LogP) is 17.0. The molecule has 326 valence electrons. The molecule has 2 aliphatic rings. The van der Waals surface area contributed by atoms with Crippen molar-refractivity contribution in [2.45, 2.75) is 123 Å². The number of allylic oxidation sites excluding steroid dienone is 2. The van der Waals surface area contributed by atoms with Gasteiger partial charge >= 0.3 is 366 Å². The molecular weight excluding hydrogens is 895 g/mol. The van der Waals surface area contributed by atoms with Crippen molar-refractivity contribution >= 4 is 55.0 Å². The van der Waals surface area contributed by atoms with Gasteiger partial charge in [0.2, 0.25) is 0 Å². The van der Waals surface area contributed by atoms with Gasteiger partial charge in [0.25, 0.3) is 0 Å². The van der Waals surface area contributed by atoms with Crippen LogP contribution in [0.3, 0.4) is 0 Å². The molecular formula is C56H68Cl2O2SiZr. The SMILES string of the molecule is Cc1ccc(C2=Cc3c(ccc(C)c3-c3cc(C(C)C)cc(C(C)C)c3)[CH]2[Zr]([CH3])([CH3])(=[SiH2])[CH]2C(c3ccc(C)o3)=Cc3c2ccc(C)c3-c2cc(C(C)C)cc(C(C)C)c2)o1.Cl.Cl. The molecule has 0 radical (unpaired) electrons. The van der Waals surface area contributed by atoms with Crippen LogP contribution in [-0.2, 0) is 17.4 Å². The Labute approximate surface area is 387 Å². The molecule has 2 aliphatic carbocycles.